The number of hydrogen-bond acceptors (Lipinski definition) is 4. The van der Waals surface area contributed by atoms with Gasteiger partial charge < -0.3 is 5.73 Å². The molecule has 0 amide bonds. The Balaban J connectivity index is 2.03. The van der Waals surface area contributed by atoms with Crippen molar-refractivity contribution in [3.8, 4) is 0 Å². The van der Waals surface area contributed by atoms with Crippen LogP contribution in [0.1, 0.15) is 24.8 Å². The third-order valence-corrected chi connectivity index (χ3v) is 7.09. The number of rotatable bonds is 4. The molecule has 0 aliphatic carbocycles. The minimum Gasteiger partial charge on any atom is -0.329 e. The van der Waals surface area contributed by atoms with Crippen molar-refractivity contribution in [3.63, 3.8) is 0 Å². The molecule has 1 fully saturated rings. The zero-order valence-electron chi connectivity index (χ0n) is 11.4. The first-order valence-corrected chi connectivity index (χ1v) is 9.06. The molecule has 2 heterocycles. The topological polar surface area (TPSA) is 32.5 Å². The van der Waals surface area contributed by atoms with Crippen LogP contribution in [0.3, 0.4) is 0 Å². The fourth-order valence-electron chi connectivity index (χ4n) is 2.54. The maximum atomic E-state index is 6.01. The van der Waals surface area contributed by atoms with E-state index in [2.05, 4.69) is 61.6 Å². The van der Waals surface area contributed by atoms with Crippen LogP contribution in [0.25, 0.3) is 0 Å². The van der Waals surface area contributed by atoms with E-state index in [1.807, 2.05) is 0 Å². The van der Waals surface area contributed by atoms with E-state index in [4.69, 9.17) is 5.73 Å². The predicted octanol–water partition coefficient (Wildman–Crippen LogP) is 3.30. The van der Waals surface area contributed by atoms with E-state index in [9.17, 15) is 0 Å². The molecule has 19 heavy (non-hydrogen) atoms. The second kappa shape index (κ2) is 7.00. The van der Waals surface area contributed by atoms with Gasteiger partial charge in [0.05, 0.1) is 9.83 Å². The highest BCUT2D eigenvalue weighted by molar-refractivity contribution is 9.13. The van der Waals surface area contributed by atoms with E-state index in [1.165, 1.54) is 4.88 Å². The molecular formula is C13H21Br2N3S. The highest BCUT2D eigenvalue weighted by Crippen LogP contribution is 2.37. The second-order valence-corrected chi connectivity index (χ2v) is 8.44. The number of nitrogens with two attached hydrogens (primary N) is 1. The lowest BCUT2D eigenvalue weighted by Crippen LogP contribution is -2.50. The molecule has 3 nitrogen and oxygen atoms in total. The Hall–Kier alpha value is 0.540. The molecule has 0 saturated carbocycles. The summed E-state index contributed by atoms with van der Waals surface area (Å²) in [5.41, 5.74) is 6.01. The van der Waals surface area contributed by atoms with Gasteiger partial charge in [-0.05, 0) is 51.8 Å². The third-order valence-electron chi connectivity index (χ3n) is 3.74. The Kier molecular flexibility index (Phi) is 5.87. The highest BCUT2D eigenvalue weighted by atomic mass is 79.9. The van der Waals surface area contributed by atoms with E-state index in [-0.39, 0.29) is 0 Å². The van der Waals surface area contributed by atoms with Gasteiger partial charge in [-0.15, -0.1) is 11.3 Å². The molecule has 1 aliphatic rings. The summed E-state index contributed by atoms with van der Waals surface area (Å²) in [4.78, 5) is 6.40. The summed E-state index contributed by atoms with van der Waals surface area (Å²) >= 11 is 8.91. The fraction of sp³-hybridized carbons (Fsp3) is 0.692. The Morgan fingerprint density at radius 2 is 1.79 bits per heavy atom. The zero-order valence-corrected chi connectivity index (χ0v) is 15.4. The van der Waals surface area contributed by atoms with E-state index < -0.39 is 0 Å². The SMILES string of the molecule is CC(C)N1CCN(C(CN)c2cc(Br)c(Br)s2)CC1. The lowest BCUT2D eigenvalue weighted by Gasteiger charge is -2.40. The molecule has 1 aromatic rings. The van der Waals surface area contributed by atoms with Gasteiger partial charge in [-0.25, -0.2) is 0 Å². The predicted molar refractivity (Wildman–Crippen MR) is 89.8 cm³/mol. The van der Waals surface area contributed by atoms with Crippen molar-refractivity contribution in [2.45, 2.75) is 25.9 Å². The maximum absolute atomic E-state index is 6.01. The second-order valence-electron chi connectivity index (χ2n) is 5.19. The average molecular weight is 411 g/mol. The molecule has 1 aromatic heterocycles. The van der Waals surface area contributed by atoms with Crippen LogP contribution >= 0.6 is 43.2 Å². The minimum atomic E-state index is 0.349. The Morgan fingerprint density at radius 3 is 2.21 bits per heavy atom. The molecule has 0 spiro atoms. The summed E-state index contributed by atoms with van der Waals surface area (Å²) in [6.07, 6.45) is 0. The molecule has 2 N–H and O–H groups in total. The minimum absolute atomic E-state index is 0.349. The van der Waals surface area contributed by atoms with Crippen LogP contribution in [-0.2, 0) is 0 Å². The van der Waals surface area contributed by atoms with Crippen LogP contribution in [-0.4, -0.2) is 48.6 Å². The Morgan fingerprint density at radius 1 is 1.21 bits per heavy atom. The van der Waals surface area contributed by atoms with Crippen molar-refractivity contribution >= 4 is 43.2 Å². The zero-order chi connectivity index (χ0) is 14.0. The van der Waals surface area contributed by atoms with Gasteiger partial charge in [0.25, 0.3) is 0 Å². The standard InChI is InChI=1S/C13H21Br2N3S/c1-9(2)17-3-5-18(6-4-17)11(8-16)12-7-10(14)13(15)19-12/h7,9,11H,3-6,8,16H2,1-2H3. The van der Waals surface area contributed by atoms with Crippen LogP contribution in [0, 0.1) is 0 Å². The third kappa shape index (κ3) is 3.80. The molecule has 1 atom stereocenters. The van der Waals surface area contributed by atoms with Crippen molar-refractivity contribution in [2.24, 2.45) is 5.73 Å². The van der Waals surface area contributed by atoms with Crippen LogP contribution in [0.2, 0.25) is 0 Å². The highest BCUT2D eigenvalue weighted by Gasteiger charge is 2.26. The summed E-state index contributed by atoms with van der Waals surface area (Å²) in [6, 6.07) is 3.19. The number of thiophene rings is 1. The van der Waals surface area contributed by atoms with Crippen molar-refractivity contribution in [1.29, 1.82) is 0 Å². The van der Waals surface area contributed by atoms with Gasteiger partial charge >= 0.3 is 0 Å². The van der Waals surface area contributed by atoms with Gasteiger partial charge in [-0.1, -0.05) is 0 Å². The van der Waals surface area contributed by atoms with Gasteiger partial charge in [0.2, 0.25) is 0 Å². The van der Waals surface area contributed by atoms with Crippen molar-refractivity contribution in [3.05, 3.63) is 19.2 Å². The number of nitrogens with zero attached hydrogens (tertiary/aromatic N) is 2. The number of halogens is 2. The van der Waals surface area contributed by atoms with Gasteiger partial charge in [-0.3, -0.25) is 9.80 Å². The molecule has 0 radical (unpaired) electrons. The van der Waals surface area contributed by atoms with E-state index in [1.54, 1.807) is 11.3 Å². The van der Waals surface area contributed by atoms with Crippen molar-refractivity contribution in [1.82, 2.24) is 9.80 Å². The molecule has 108 valence electrons. The van der Waals surface area contributed by atoms with Crippen LogP contribution in [0.4, 0.5) is 0 Å². The summed E-state index contributed by atoms with van der Waals surface area (Å²) in [5.74, 6) is 0. The molecule has 0 bridgehead atoms. The normalized spacial score (nSPS) is 20.1. The summed E-state index contributed by atoms with van der Waals surface area (Å²) in [5, 5.41) is 0. The molecule has 1 aliphatic heterocycles. The molecule has 0 aromatic carbocycles. The first-order valence-electron chi connectivity index (χ1n) is 6.65. The molecule has 2 rings (SSSR count). The molecule has 1 unspecified atom stereocenters. The van der Waals surface area contributed by atoms with Crippen molar-refractivity contribution < 1.29 is 0 Å². The van der Waals surface area contributed by atoms with E-state index in [0.29, 0.717) is 18.6 Å². The summed E-state index contributed by atoms with van der Waals surface area (Å²) in [7, 11) is 0. The first kappa shape index (κ1) is 15.9. The molecule has 6 heteroatoms. The summed E-state index contributed by atoms with van der Waals surface area (Å²) in [6.45, 7) is 9.71. The fourth-order valence-corrected chi connectivity index (χ4v) is 4.78. The van der Waals surface area contributed by atoms with E-state index >= 15 is 0 Å². The van der Waals surface area contributed by atoms with Crippen LogP contribution in [0.5, 0.6) is 0 Å². The van der Waals surface area contributed by atoms with Gasteiger partial charge in [-0.2, -0.15) is 0 Å². The molecule has 1 saturated heterocycles. The van der Waals surface area contributed by atoms with Gasteiger partial charge in [0.15, 0.2) is 0 Å². The number of piperazine rings is 1. The monoisotopic (exact) mass is 409 g/mol. The lowest BCUT2D eigenvalue weighted by atomic mass is 10.1. The summed E-state index contributed by atoms with van der Waals surface area (Å²) < 4.78 is 2.29. The quantitative estimate of drug-likeness (QED) is 0.826. The Bertz CT molecular complexity index is 395. The number of hydrogen-bond donors (Lipinski definition) is 1. The van der Waals surface area contributed by atoms with Gasteiger partial charge in [0.1, 0.15) is 0 Å². The molecular weight excluding hydrogens is 390 g/mol. The lowest BCUT2D eigenvalue weighted by molar-refractivity contribution is 0.0813. The van der Waals surface area contributed by atoms with Crippen LogP contribution in [0.15, 0.2) is 14.3 Å². The first-order chi connectivity index (χ1) is 9.02. The average Bonchev–Trinajstić information content (AvgIpc) is 2.71. The Labute approximate surface area is 136 Å². The van der Waals surface area contributed by atoms with Gasteiger partial charge in [0, 0.05) is 48.1 Å². The van der Waals surface area contributed by atoms with E-state index in [0.717, 1.165) is 34.4 Å². The maximum Gasteiger partial charge on any atom is 0.0843 e. The van der Waals surface area contributed by atoms with Crippen molar-refractivity contribution in [2.75, 3.05) is 32.7 Å². The smallest absolute Gasteiger partial charge is 0.0843 e. The largest absolute Gasteiger partial charge is 0.329 e. The van der Waals surface area contributed by atoms with Crippen LogP contribution < -0.4 is 5.73 Å².